The summed E-state index contributed by atoms with van der Waals surface area (Å²) >= 11 is 0. The molecule has 0 spiro atoms. The fourth-order valence-electron chi connectivity index (χ4n) is 3.09. The van der Waals surface area contributed by atoms with Crippen molar-refractivity contribution in [2.45, 2.75) is 50.5 Å². The van der Waals surface area contributed by atoms with Gasteiger partial charge in [-0.2, -0.15) is 0 Å². The molecule has 2 aromatic rings. The van der Waals surface area contributed by atoms with Gasteiger partial charge in [-0.1, -0.05) is 25.1 Å². The lowest BCUT2D eigenvalue weighted by molar-refractivity contribution is 0.0940. The number of benzene rings is 2. The van der Waals surface area contributed by atoms with E-state index in [1.165, 1.54) is 5.56 Å². The van der Waals surface area contributed by atoms with Crippen LogP contribution in [0.25, 0.3) is 0 Å². The van der Waals surface area contributed by atoms with Crippen molar-refractivity contribution >= 4 is 21.6 Å². The zero-order valence-corrected chi connectivity index (χ0v) is 15.9. The molecule has 0 saturated carbocycles. The highest BCUT2D eigenvalue weighted by atomic mass is 32.2. The van der Waals surface area contributed by atoms with Gasteiger partial charge in [0.25, 0.3) is 15.9 Å². The van der Waals surface area contributed by atoms with Crippen LogP contribution >= 0.6 is 0 Å². The third kappa shape index (κ3) is 3.90. The summed E-state index contributed by atoms with van der Waals surface area (Å²) in [5, 5.41) is 2.87. The van der Waals surface area contributed by atoms with E-state index in [0.717, 1.165) is 31.2 Å². The highest BCUT2D eigenvalue weighted by Gasteiger charge is 2.21. The second-order valence-corrected chi connectivity index (χ2v) is 8.40. The normalized spacial score (nSPS) is 14.5. The number of anilines is 1. The molecule has 1 aliphatic carbocycles. The van der Waals surface area contributed by atoms with Crippen LogP contribution in [0, 0.1) is 0 Å². The maximum Gasteiger partial charge on any atom is 0.261 e. The summed E-state index contributed by atoms with van der Waals surface area (Å²) in [6, 6.07) is 11.9. The van der Waals surface area contributed by atoms with Gasteiger partial charge in [0.1, 0.15) is 0 Å². The van der Waals surface area contributed by atoms with Crippen molar-refractivity contribution in [3.8, 4) is 0 Å². The smallest absolute Gasteiger partial charge is 0.261 e. The topological polar surface area (TPSA) is 75.3 Å². The van der Waals surface area contributed by atoms with Gasteiger partial charge in [-0.25, -0.2) is 8.42 Å². The molecule has 0 bridgehead atoms. The Labute approximate surface area is 154 Å². The Morgan fingerprint density at radius 2 is 1.85 bits per heavy atom. The van der Waals surface area contributed by atoms with E-state index in [1.807, 2.05) is 19.9 Å². The van der Waals surface area contributed by atoms with Gasteiger partial charge in [0.05, 0.1) is 16.1 Å². The molecule has 0 aromatic heterocycles. The number of hydrogen-bond acceptors (Lipinski definition) is 3. The van der Waals surface area contributed by atoms with Gasteiger partial charge in [-0.15, -0.1) is 0 Å². The number of hydrogen-bond donors (Lipinski definition) is 2. The molecular formula is C20H24N2O3S. The van der Waals surface area contributed by atoms with Crippen LogP contribution < -0.4 is 10.0 Å². The molecule has 138 valence electrons. The quantitative estimate of drug-likeness (QED) is 0.815. The summed E-state index contributed by atoms with van der Waals surface area (Å²) in [6.45, 7) is 3.89. The van der Waals surface area contributed by atoms with E-state index in [4.69, 9.17) is 0 Å². The SMILES string of the molecule is CC[C@@H](C)NC(=O)c1ccccc1NS(=O)(=O)c1ccc2c(c1)CCC2. The summed E-state index contributed by atoms with van der Waals surface area (Å²) in [6.07, 6.45) is 3.77. The first kappa shape index (κ1) is 18.5. The molecule has 0 radical (unpaired) electrons. The number of nitrogens with one attached hydrogen (secondary N) is 2. The Balaban J connectivity index is 1.87. The van der Waals surface area contributed by atoms with Crippen molar-refractivity contribution in [3.05, 3.63) is 59.2 Å². The van der Waals surface area contributed by atoms with Crippen LogP contribution in [0.2, 0.25) is 0 Å². The van der Waals surface area contributed by atoms with E-state index in [2.05, 4.69) is 10.0 Å². The van der Waals surface area contributed by atoms with Crippen molar-refractivity contribution in [1.29, 1.82) is 0 Å². The van der Waals surface area contributed by atoms with Crippen molar-refractivity contribution in [2.24, 2.45) is 0 Å². The van der Waals surface area contributed by atoms with E-state index >= 15 is 0 Å². The van der Waals surface area contributed by atoms with Gasteiger partial charge < -0.3 is 5.32 Å². The van der Waals surface area contributed by atoms with E-state index < -0.39 is 10.0 Å². The van der Waals surface area contributed by atoms with Gasteiger partial charge >= 0.3 is 0 Å². The maximum absolute atomic E-state index is 12.8. The van der Waals surface area contributed by atoms with Crippen LogP contribution in [0.4, 0.5) is 5.69 Å². The van der Waals surface area contributed by atoms with Crippen LogP contribution in [0.3, 0.4) is 0 Å². The van der Waals surface area contributed by atoms with E-state index in [9.17, 15) is 13.2 Å². The van der Waals surface area contributed by atoms with Crippen LogP contribution in [0.1, 0.15) is 48.2 Å². The molecule has 0 saturated heterocycles. The molecule has 26 heavy (non-hydrogen) atoms. The minimum absolute atomic E-state index is 0.0175. The standard InChI is InChI=1S/C20H24N2O3S/c1-3-14(2)21-20(23)18-9-4-5-10-19(18)22-26(24,25)17-12-11-15-7-6-8-16(15)13-17/h4-5,9-14,22H,3,6-8H2,1-2H3,(H,21,23)/t14-/m1/s1. The molecule has 6 heteroatoms. The van der Waals surface area contributed by atoms with Gasteiger partial charge in [-0.05, 0) is 68.0 Å². The molecule has 1 amide bonds. The van der Waals surface area contributed by atoms with Crippen LogP contribution in [-0.2, 0) is 22.9 Å². The second-order valence-electron chi connectivity index (χ2n) is 6.72. The fourth-order valence-corrected chi connectivity index (χ4v) is 4.22. The first-order valence-corrected chi connectivity index (χ1v) is 10.4. The zero-order valence-electron chi connectivity index (χ0n) is 15.1. The molecule has 2 N–H and O–H groups in total. The summed E-state index contributed by atoms with van der Waals surface area (Å²) in [5.74, 6) is -0.286. The van der Waals surface area contributed by atoms with Crippen molar-refractivity contribution in [2.75, 3.05) is 4.72 Å². The molecule has 1 aliphatic rings. The van der Waals surface area contributed by atoms with Gasteiger partial charge in [0, 0.05) is 6.04 Å². The Morgan fingerprint density at radius 1 is 1.12 bits per heavy atom. The average molecular weight is 372 g/mol. The maximum atomic E-state index is 12.8. The highest BCUT2D eigenvalue weighted by Crippen LogP contribution is 2.26. The minimum atomic E-state index is -3.75. The molecule has 3 rings (SSSR count). The molecule has 0 unspecified atom stereocenters. The summed E-state index contributed by atoms with van der Waals surface area (Å²) in [4.78, 5) is 12.7. The van der Waals surface area contributed by atoms with Gasteiger partial charge in [0.15, 0.2) is 0 Å². The van der Waals surface area contributed by atoms with Gasteiger partial charge in [0.2, 0.25) is 0 Å². The number of fused-ring (bicyclic) bond motifs is 1. The number of sulfonamides is 1. The van der Waals surface area contributed by atoms with Gasteiger partial charge in [-0.3, -0.25) is 9.52 Å². The number of para-hydroxylation sites is 1. The van der Waals surface area contributed by atoms with Crippen molar-refractivity contribution in [1.82, 2.24) is 5.32 Å². The summed E-state index contributed by atoms with van der Waals surface area (Å²) in [5.41, 5.74) is 2.92. The third-order valence-electron chi connectivity index (χ3n) is 4.79. The number of carbonyl (C=O) groups is 1. The summed E-state index contributed by atoms with van der Waals surface area (Å²) in [7, 11) is -3.75. The third-order valence-corrected chi connectivity index (χ3v) is 6.15. The molecule has 1 atom stereocenters. The molecule has 5 nitrogen and oxygen atoms in total. The lowest BCUT2D eigenvalue weighted by Gasteiger charge is -2.15. The summed E-state index contributed by atoms with van der Waals surface area (Å²) < 4.78 is 28.2. The van der Waals surface area contributed by atoms with E-state index in [0.29, 0.717) is 5.56 Å². The fraction of sp³-hybridized carbons (Fsp3) is 0.350. The molecular weight excluding hydrogens is 348 g/mol. The number of amides is 1. The Hall–Kier alpha value is -2.34. The minimum Gasteiger partial charge on any atom is -0.350 e. The number of carbonyl (C=O) groups excluding carboxylic acids is 1. The predicted molar refractivity (Wildman–Crippen MR) is 103 cm³/mol. The van der Waals surface area contributed by atoms with Crippen LogP contribution in [-0.4, -0.2) is 20.4 Å². The second kappa shape index (κ2) is 7.50. The van der Waals surface area contributed by atoms with Crippen LogP contribution in [0.15, 0.2) is 47.4 Å². The monoisotopic (exact) mass is 372 g/mol. The molecule has 0 heterocycles. The predicted octanol–water partition coefficient (Wildman–Crippen LogP) is 3.50. The lowest BCUT2D eigenvalue weighted by atomic mass is 10.1. The largest absolute Gasteiger partial charge is 0.350 e. The average Bonchev–Trinajstić information content (AvgIpc) is 3.09. The number of rotatable bonds is 6. The Kier molecular flexibility index (Phi) is 5.32. The first-order valence-electron chi connectivity index (χ1n) is 8.95. The lowest BCUT2D eigenvalue weighted by Crippen LogP contribution is -2.32. The van der Waals surface area contributed by atoms with Crippen molar-refractivity contribution < 1.29 is 13.2 Å². The molecule has 0 aliphatic heterocycles. The Morgan fingerprint density at radius 3 is 2.62 bits per heavy atom. The number of aryl methyl sites for hydroxylation is 2. The zero-order chi connectivity index (χ0) is 18.7. The Bertz CT molecular complexity index is 922. The van der Waals surface area contributed by atoms with E-state index in [-0.39, 0.29) is 22.5 Å². The molecule has 2 aromatic carbocycles. The highest BCUT2D eigenvalue weighted by molar-refractivity contribution is 7.92. The van der Waals surface area contributed by atoms with Crippen LogP contribution in [0.5, 0.6) is 0 Å². The first-order chi connectivity index (χ1) is 12.4. The van der Waals surface area contributed by atoms with E-state index in [1.54, 1.807) is 36.4 Å². The van der Waals surface area contributed by atoms with Crippen molar-refractivity contribution in [3.63, 3.8) is 0 Å². The molecule has 0 fully saturated rings.